The Morgan fingerprint density at radius 1 is 1.58 bits per heavy atom. The van der Waals surface area contributed by atoms with Gasteiger partial charge in [0.1, 0.15) is 0 Å². The van der Waals surface area contributed by atoms with Gasteiger partial charge in [0.15, 0.2) is 0 Å². The van der Waals surface area contributed by atoms with Crippen LogP contribution in [0.1, 0.15) is 26.7 Å². The first-order chi connectivity index (χ1) is 5.58. The molecule has 0 aliphatic carbocycles. The van der Waals surface area contributed by atoms with Crippen LogP contribution in [0.2, 0.25) is 0 Å². The minimum absolute atomic E-state index is 0.0396. The van der Waals surface area contributed by atoms with Gasteiger partial charge in [0, 0.05) is 23.1 Å². The Balaban J connectivity index is 2.13. The molecule has 1 unspecified atom stereocenters. The predicted molar refractivity (Wildman–Crippen MR) is 54.6 cm³/mol. The van der Waals surface area contributed by atoms with Gasteiger partial charge in [-0.05, 0) is 26.7 Å². The molecule has 0 radical (unpaired) electrons. The summed E-state index contributed by atoms with van der Waals surface area (Å²) in [6.45, 7) is 6.01. The van der Waals surface area contributed by atoms with Crippen molar-refractivity contribution in [1.82, 2.24) is 0 Å². The first kappa shape index (κ1) is 10.4. The molecule has 0 aromatic carbocycles. The largest absolute Gasteiger partial charge is 0.380 e. The molecule has 3 heteroatoms. The Labute approximate surface area is 79.2 Å². The highest BCUT2D eigenvalue weighted by atomic mass is 32.2. The van der Waals surface area contributed by atoms with Gasteiger partial charge >= 0.3 is 0 Å². The molecule has 1 fully saturated rings. The second-order valence-electron chi connectivity index (χ2n) is 4.14. The first-order valence-electron chi connectivity index (χ1n) is 4.56. The molecule has 1 aliphatic heterocycles. The zero-order valence-electron chi connectivity index (χ0n) is 8.01. The van der Waals surface area contributed by atoms with Gasteiger partial charge in [-0.3, -0.25) is 0 Å². The van der Waals surface area contributed by atoms with Gasteiger partial charge in [0.05, 0.1) is 6.61 Å². The summed E-state index contributed by atoms with van der Waals surface area (Å²) in [5.41, 5.74) is 5.85. The average Bonchev–Trinajstić information content (AvgIpc) is 2.02. The van der Waals surface area contributed by atoms with E-state index in [0.29, 0.717) is 5.25 Å². The fraction of sp³-hybridized carbons (Fsp3) is 1.00. The normalized spacial score (nSPS) is 25.8. The summed E-state index contributed by atoms with van der Waals surface area (Å²) >= 11 is 1.95. The van der Waals surface area contributed by atoms with E-state index in [4.69, 9.17) is 10.5 Å². The number of ether oxygens (including phenoxy) is 1. The molecule has 12 heavy (non-hydrogen) atoms. The molecule has 1 aliphatic rings. The molecule has 0 spiro atoms. The molecule has 0 saturated carbocycles. The smallest absolute Gasteiger partial charge is 0.0585 e. The molecule has 2 N–H and O–H groups in total. The van der Waals surface area contributed by atoms with Crippen molar-refractivity contribution < 1.29 is 4.74 Å². The Kier molecular flexibility index (Phi) is 3.87. The summed E-state index contributed by atoms with van der Waals surface area (Å²) < 4.78 is 5.39. The molecule has 0 amide bonds. The zero-order chi connectivity index (χ0) is 9.03. The minimum Gasteiger partial charge on any atom is -0.380 e. The first-order valence-corrected chi connectivity index (χ1v) is 5.61. The molecular formula is C9H19NOS. The molecule has 0 aromatic rings. The lowest BCUT2D eigenvalue weighted by Gasteiger charge is -2.25. The van der Waals surface area contributed by atoms with Crippen molar-refractivity contribution in [1.29, 1.82) is 0 Å². The third-order valence-corrected chi connectivity index (χ3v) is 3.56. The molecule has 0 aromatic heterocycles. The maximum Gasteiger partial charge on any atom is 0.0585 e. The van der Waals surface area contributed by atoms with Gasteiger partial charge in [-0.1, -0.05) is 0 Å². The van der Waals surface area contributed by atoms with Gasteiger partial charge in [-0.2, -0.15) is 11.8 Å². The van der Waals surface area contributed by atoms with Gasteiger partial charge in [-0.25, -0.2) is 0 Å². The van der Waals surface area contributed by atoms with Crippen molar-refractivity contribution in [2.45, 2.75) is 37.5 Å². The molecule has 1 heterocycles. The van der Waals surface area contributed by atoms with E-state index in [1.54, 1.807) is 0 Å². The third kappa shape index (κ3) is 4.33. The van der Waals surface area contributed by atoms with Crippen molar-refractivity contribution >= 4 is 11.8 Å². The SMILES string of the molecule is CC(C)(N)CSC1CCCOC1. The Morgan fingerprint density at radius 3 is 2.83 bits per heavy atom. The highest BCUT2D eigenvalue weighted by molar-refractivity contribution is 8.00. The van der Waals surface area contributed by atoms with Crippen LogP contribution in [-0.2, 0) is 4.74 Å². The van der Waals surface area contributed by atoms with E-state index >= 15 is 0 Å². The number of hydrogen-bond acceptors (Lipinski definition) is 3. The number of thioether (sulfide) groups is 1. The van der Waals surface area contributed by atoms with E-state index in [0.717, 1.165) is 19.0 Å². The van der Waals surface area contributed by atoms with Crippen molar-refractivity contribution in [2.24, 2.45) is 5.73 Å². The zero-order valence-corrected chi connectivity index (χ0v) is 8.82. The topological polar surface area (TPSA) is 35.2 Å². The summed E-state index contributed by atoms with van der Waals surface area (Å²) in [4.78, 5) is 0. The highest BCUT2D eigenvalue weighted by Crippen LogP contribution is 2.23. The van der Waals surface area contributed by atoms with E-state index in [9.17, 15) is 0 Å². The third-order valence-electron chi connectivity index (χ3n) is 1.81. The van der Waals surface area contributed by atoms with Crippen LogP contribution in [0, 0.1) is 0 Å². The van der Waals surface area contributed by atoms with Gasteiger partial charge in [-0.15, -0.1) is 0 Å². The van der Waals surface area contributed by atoms with E-state index < -0.39 is 0 Å². The molecule has 1 atom stereocenters. The number of nitrogens with two attached hydrogens (primary N) is 1. The fourth-order valence-electron chi connectivity index (χ4n) is 1.18. The van der Waals surface area contributed by atoms with Crippen LogP contribution in [0.25, 0.3) is 0 Å². The van der Waals surface area contributed by atoms with Crippen molar-refractivity contribution in [3.05, 3.63) is 0 Å². The van der Waals surface area contributed by atoms with Crippen molar-refractivity contribution in [3.63, 3.8) is 0 Å². The lowest BCUT2D eigenvalue weighted by Crippen LogP contribution is -2.36. The molecular weight excluding hydrogens is 170 g/mol. The van der Waals surface area contributed by atoms with Crippen molar-refractivity contribution in [2.75, 3.05) is 19.0 Å². The second kappa shape index (κ2) is 4.49. The summed E-state index contributed by atoms with van der Waals surface area (Å²) in [6.07, 6.45) is 2.50. The summed E-state index contributed by atoms with van der Waals surface area (Å²) in [7, 11) is 0. The second-order valence-corrected chi connectivity index (χ2v) is 5.43. The Morgan fingerprint density at radius 2 is 2.33 bits per heavy atom. The summed E-state index contributed by atoms with van der Waals surface area (Å²) in [5, 5.41) is 0.682. The predicted octanol–water partition coefficient (Wildman–Crippen LogP) is 1.64. The van der Waals surface area contributed by atoms with Gasteiger partial charge in [0.2, 0.25) is 0 Å². The summed E-state index contributed by atoms with van der Waals surface area (Å²) in [5.74, 6) is 1.03. The van der Waals surface area contributed by atoms with Crippen LogP contribution in [-0.4, -0.2) is 29.8 Å². The molecule has 0 bridgehead atoms. The Bertz CT molecular complexity index is 127. The maximum absolute atomic E-state index is 5.89. The van der Waals surface area contributed by atoms with Crippen LogP contribution in [0.15, 0.2) is 0 Å². The van der Waals surface area contributed by atoms with Gasteiger partial charge in [0.25, 0.3) is 0 Å². The maximum atomic E-state index is 5.89. The Hall–Kier alpha value is 0.270. The van der Waals surface area contributed by atoms with Crippen LogP contribution in [0.5, 0.6) is 0 Å². The van der Waals surface area contributed by atoms with E-state index in [1.165, 1.54) is 12.8 Å². The monoisotopic (exact) mass is 189 g/mol. The molecule has 72 valence electrons. The quantitative estimate of drug-likeness (QED) is 0.733. The van der Waals surface area contributed by atoms with Crippen LogP contribution >= 0.6 is 11.8 Å². The molecule has 1 saturated heterocycles. The average molecular weight is 189 g/mol. The highest BCUT2D eigenvalue weighted by Gasteiger charge is 2.18. The van der Waals surface area contributed by atoms with Gasteiger partial charge < -0.3 is 10.5 Å². The number of hydrogen-bond donors (Lipinski definition) is 1. The lowest BCUT2D eigenvalue weighted by atomic mass is 10.1. The van der Waals surface area contributed by atoms with Crippen LogP contribution < -0.4 is 5.73 Å². The van der Waals surface area contributed by atoms with Crippen molar-refractivity contribution in [3.8, 4) is 0 Å². The number of rotatable bonds is 3. The molecule has 2 nitrogen and oxygen atoms in total. The van der Waals surface area contributed by atoms with E-state index in [1.807, 2.05) is 11.8 Å². The molecule has 1 rings (SSSR count). The fourth-order valence-corrected chi connectivity index (χ4v) is 2.37. The van der Waals surface area contributed by atoms with Crippen LogP contribution in [0.3, 0.4) is 0 Å². The minimum atomic E-state index is -0.0396. The van der Waals surface area contributed by atoms with Crippen LogP contribution in [0.4, 0.5) is 0 Å². The summed E-state index contributed by atoms with van der Waals surface area (Å²) in [6, 6.07) is 0. The van der Waals surface area contributed by atoms with E-state index in [-0.39, 0.29) is 5.54 Å². The van der Waals surface area contributed by atoms with E-state index in [2.05, 4.69) is 13.8 Å². The standard InChI is InChI=1S/C9H19NOS/c1-9(2,10)7-12-8-4-3-5-11-6-8/h8H,3-7,10H2,1-2H3. The lowest BCUT2D eigenvalue weighted by molar-refractivity contribution is 0.101.